The Bertz CT molecular complexity index is 823. The first-order valence-electron chi connectivity index (χ1n) is 7.89. The molecule has 0 spiro atoms. The van der Waals surface area contributed by atoms with Crippen LogP contribution >= 0.6 is 0 Å². The molecule has 1 aromatic carbocycles. The Kier molecular flexibility index (Phi) is 4.57. The van der Waals surface area contributed by atoms with Crippen LogP contribution in [0.4, 0.5) is 0 Å². The molecule has 2 heterocycles. The van der Waals surface area contributed by atoms with Crippen molar-refractivity contribution in [2.45, 2.75) is 25.9 Å². The second-order valence-electron chi connectivity index (χ2n) is 5.68. The molecule has 3 rings (SSSR count). The van der Waals surface area contributed by atoms with Gasteiger partial charge < -0.3 is 4.42 Å². The van der Waals surface area contributed by atoms with Gasteiger partial charge in [-0.2, -0.15) is 0 Å². The highest BCUT2D eigenvalue weighted by Gasteiger charge is 2.16. The molecular formula is C18H21N3O2. The van der Waals surface area contributed by atoms with Crippen LogP contribution in [0.25, 0.3) is 11.1 Å². The monoisotopic (exact) mass is 311 g/mol. The van der Waals surface area contributed by atoms with Crippen molar-refractivity contribution in [2.75, 3.05) is 13.6 Å². The zero-order valence-electron chi connectivity index (χ0n) is 13.5. The van der Waals surface area contributed by atoms with Gasteiger partial charge in [-0.05, 0) is 37.2 Å². The van der Waals surface area contributed by atoms with Crippen LogP contribution in [0.2, 0.25) is 0 Å². The van der Waals surface area contributed by atoms with Crippen molar-refractivity contribution < 1.29 is 4.42 Å². The number of oxazole rings is 1. The van der Waals surface area contributed by atoms with Crippen LogP contribution in [-0.2, 0) is 6.54 Å². The first-order valence-corrected chi connectivity index (χ1v) is 7.89. The lowest BCUT2D eigenvalue weighted by molar-refractivity contribution is 0.228. The largest absolute Gasteiger partial charge is 0.419 e. The molecule has 0 amide bonds. The predicted molar refractivity (Wildman–Crippen MR) is 90.4 cm³/mol. The zero-order chi connectivity index (χ0) is 16.2. The third-order valence-corrected chi connectivity index (χ3v) is 4.24. The van der Waals surface area contributed by atoms with E-state index >= 15 is 0 Å². The first-order chi connectivity index (χ1) is 11.2. The van der Waals surface area contributed by atoms with E-state index in [4.69, 9.17) is 4.42 Å². The van der Waals surface area contributed by atoms with Gasteiger partial charge >= 0.3 is 5.76 Å². The van der Waals surface area contributed by atoms with Crippen LogP contribution in [-0.4, -0.2) is 28.0 Å². The van der Waals surface area contributed by atoms with Gasteiger partial charge in [-0.1, -0.05) is 25.1 Å². The molecule has 5 heteroatoms. The Balaban J connectivity index is 1.76. The topological polar surface area (TPSA) is 51.3 Å². The number of para-hydroxylation sites is 2. The van der Waals surface area contributed by atoms with Gasteiger partial charge in [0.15, 0.2) is 5.58 Å². The van der Waals surface area contributed by atoms with E-state index in [2.05, 4.69) is 29.9 Å². The van der Waals surface area contributed by atoms with Gasteiger partial charge in [-0.3, -0.25) is 14.5 Å². The van der Waals surface area contributed by atoms with Gasteiger partial charge in [0, 0.05) is 31.5 Å². The maximum atomic E-state index is 12.0. The fraction of sp³-hybridized carbons (Fsp3) is 0.333. The van der Waals surface area contributed by atoms with Crippen LogP contribution < -0.4 is 5.76 Å². The summed E-state index contributed by atoms with van der Waals surface area (Å²) in [7, 11) is 2.08. The minimum Gasteiger partial charge on any atom is -0.408 e. The second kappa shape index (κ2) is 6.79. The van der Waals surface area contributed by atoms with Crippen LogP contribution in [0.5, 0.6) is 0 Å². The fourth-order valence-electron chi connectivity index (χ4n) is 3.01. The highest BCUT2D eigenvalue weighted by Crippen LogP contribution is 2.22. The Morgan fingerprint density at radius 1 is 1.26 bits per heavy atom. The van der Waals surface area contributed by atoms with E-state index in [-0.39, 0.29) is 11.8 Å². The first kappa shape index (κ1) is 15.5. The summed E-state index contributed by atoms with van der Waals surface area (Å²) < 4.78 is 6.98. The van der Waals surface area contributed by atoms with Gasteiger partial charge in [0.05, 0.1) is 5.52 Å². The molecule has 23 heavy (non-hydrogen) atoms. The molecule has 0 unspecified atom stereocenters. The lowest BCUT2D eigenvalue weighted by atomic mass is 10.1. The Labute approximate surface area is 135 Å². The molecule has 0 saturated heterocycles. The summed E-state index contributed by atoms with van der Waals surface area (Å²) in [5.74, 6) is -0.297. The van der Waals surface area contributed by atoms with E-state index in [1.54, 1.807) is 10.8 Å². The van der Waals surface area contributed by atoms with Crippen molar-refractivity contribution in [1.29, 1.82) is 0 Å². The number of benzene rings is 1. The third-order valence-electron chi connectivity index (χ3n) is 4.24. The molecule has 120 valence electrons. The highest BCUT2D eigenvalue weighted by atomic mass is 16.4. The summed E-state index contributed by atoms with van der Waals surface area (Å²) in [5, 5.41) is 0. The summed E-state index contributed by atoms with van der Waals surface area (Å²) >= 11 is 0. The van der Waals surface area contributed by atoms with E-state index < -0.39 is 0 Å². The molecule has 0 N–H and O–H groups in total. The van der Waals surface area contributed by atoms with E-state index in [1.165, 1.54) is 5.56 Å². The highest BCUT2D eigenvalue weighted by molar-refractivity contribution is 5.72. The van der Waals surface area contributed by atoms with E-state index in [0.717, 1.165) is 18.5 Å². The molecule has 0 aliphatic heterocycles. The smallest absolute Gasteiger partial charge is 0.408 e. The molecule has 0 aliphatic rings. The van der Waals surface area contributed by atoms with Crippen molar-refractivity contribution in [1.82, 2.24) is 14.5 Å². The van der Waals surface area contributed by atoms with Crippen LogP contribution in [0.15, 0.2) is 58.0 Å². The molecule has 3 aromatic rings. The van der Waals surface area contributed by atoms with Crippen molar-refractivity contribution in [3.05, 3.63) is 64.9 Å². The van der Waals surface area contributed by atoms with Crippen LogP contribution in [0.1, 0.15) is 24.9 Å². The second-order valence-corrected chi connectivity index (χ2v) is 5.68. The summed E-state index contributed by atoms with van der Waals surface area (Å²) in [6.07, 6.45) is 4.68. The Morgan fingerprint density at radius 2 is 2.09 bits per heavy atom. The Morgan fingerprint density at radius 3 is 2.83 bits per heavy atom. The van der Waals surface area contributed by atoms with Gasteiger partial charge in [0.25, 0.3) is 0 Å². The minimum absolute atomic E-state index is 0.289. The number of rotatable bonds is 6. The quantitative estimate of drug-likeness (QED) is 0.702. The zero-order valence-corrected chi connectivity index (χ0v) is 13.5. The van der Waals surface area contributed by atoms with Crippen molar-refractivity contribution >= 4 is 11.1 Å². The fourth-order valence-corrected chi connectivity index (χ4v) is 3.01. The number of hydrogen-bond acceptors (Lipinski definition) is 4. The van der Waals surface area contributed by atoms with Gasteiger partial charge in [-0.25, -0.2) is 4.79 Å². The number of nitrogens with zero attached hydrogens (tertiary/aromatic N) is 3. The average Bonchev–Trinajstić information content (AvgIpc) is 2.90. The maximum absolute atomic E-state index is 12.0. The van der Waals surface area contributed by atoms with Crippen molar-refractivity contribution in [3.63, 3.8) is 0 Å². The molecule has 0 fully saturated rings. The lowest BCUT2D eigenvalue weighted by Gasteiger charge is -2.27. The Hall–Kier alpha value is -2.40. The number of hydrogen-bond donors (Lipinski definition) is 0. The van der Waals surface area contributed by atoms with Crippen molar-refractivity contribution in [2.24, 2.45) is 0 Å². The summed E-state index contributed by atoms with van der Waals surface area (Å²) in [6.45, 7) is 3.52. The molecule has 5 nitrogen and oxygen atoms in total. The number of aromatic nitrogens is 2. The predicted octanol–water partition coefficient (Wildman–Crippen LogP) is 3.07. The number of likely N-dealkylation sites (N-methyl/N-ethyl adjacent to an activating group) is 1. The summed E-state index contributed by atoms with van der Waals surface area (Å²) in [5.41, 5.74) is 2.68. The van der Waals surface area contributed by atoms with E-state index in [0.29, 0.717) is 12.1 Å². The van der Waals surface area contributed by atoms with Gasteiger partial charge in [0.1, 0.15) is 0 Å². The average molecular weight is 311 g/mol. The normalized spacial score (nSPS) is 12.8. The molecule has 1 atom stereocenters. The van der Waals surface area contributed by atoms with E-state index in [9.17, 15) is 4.79 Å². The van der Waals surface area contributed by atoms with Gasteiger partial charge in [0.2, 0.25) is 0 Å². The van der Waals surface area contributed by atoms with Gasteiger partial charge in [-0.15, -0.1) is 0 Å². The standard InChI is InChI=1S/C18H21N3O2/c1-3-15(14-7-6-10-19-13-14)20(2)11-12-21-16-8-4-5-9-17(16)23-18(21)22/h4-10,13,15H,3,11-12H2,1-2H3/t15-/m0/s1. The SMILES string of the molecule is CC[C@@H](c1cccnc1)N(C)CCn1c(=O)oc2ccccc21. The lowest BCUT2D eigenvalue weighted by Crippen LogP contribution is -2.30. The molecule has 0 saturated carbocycles. The third kappa shape index (κ3) is 3.19. The molecular weight excluding hydrogens is 290 g/mol. The number of pyridine rings is 1. The maximum Gasteiger partial charge on any atom is 0.419 e. The van der Waals surface area contributed by atoms with Crippen LogP contribution in [0, 0.1) is 0 Å². The number of fused-ring (bicyclic) bond motifs is 1. The molecule has 2 aromatic heterocycles. The summed E-state index contributed by atoms with van der Waals surface area (Å²) in [4.78, 5) is 18.5. The van der Waals surface area contributed by atoms with Crippen LogP contribution in [0.3, 0.4) is 0 Å². The molecule has 0 radical (unpaired) electrons. The molecule has 0 bridgehead atoms. The minimum atomic E-state index is -0.297. The van der Waals surface area contributed by atoms with Crippen molar-refractivity contribution in [3.8, 4) is 0 Å². The molecule has 0 aliphatic carbocycles. The summed E-state index contributed by atoms with van der Waals surface area (Å²) in [6, 6.07) is 11.9. The van der Waals surface area contributed by atoms with E-state index in [1.807, 2.05) is 36.5 Å².